The third-order valence-corrected chi connectivity index (χ3v) is 5.01. The highest BCUT2D eigenvalue weighted by Crippen LogP contribution is 2.14. The van der Waals surface area contributed by atoms with E-state index in [0.29, 0.717) is 12.0 Å². The number of carboxylic acid groups (broad SMARTS) is 1. The van der Waals surface area contributed by atoms with Gasteiger partial charge in [0.15, 0.2) is 5.78 Å². The summed E-state index contributed by atoms with van der Waals surface area (Å²) in [6.07, 6.45) is 5.52. The number of hydrogen-bond acceptors (Lipinski definition) is 6. The third kappa shape index (κ3) is 7.81. The fourth-order valence-corrected chi connectivity index (χ4v) is 2.82. The molecule has 0 aliphatic carbocycles. The molecule has 7 nitrogen and oxygen atoms in total. The van der Waals surface area contributed by atoms with Crippen LogP contribution in [0, 0.1) is 12.3 Å². The van der Waals surface area contributed by atoms with Gasteiger partial charge in [-0.15, -0.1) is 20.1 Å². The molecule has 0 aliphatic heterocycles. The molecule has 1 N–H and O–H groups in total. The number of ketones is 1. The molecule has 0 bridgehead atoms. The zero-order chi connectivity index (χ0) is 22.2. The Morgan fingerprint density at radius 3 is 1.52 bits per heavy atom. The smallest absolute Gasteiger partial charge is 0.335 e. The first kappa shape index (κ1) is 23.9. The van der Waals surface area contributed by atoms with Crippen LogP contribution in [-0.4, -0.2) is 33.7 Å². The number of aromatic carboxylic acids is 1. The Bertz CT molecular complexity index is 1130. The number of halogens is 2. The topological polar surface area (TPSA) is 123 Å². The maximum absolute atomic E-state index is 12.5. The predicted molar refractivity (Wildman–Crippen MR) is 98.8 cm³/mol. The van der Waals surface area contributed by atoms with Gasteiger partial charge in [-0.05, 0) is 36.4 Å². The maximum Gasteiger partial charge on any atom is 0.335 e. The molecular formula is C18H14F2O7S2. The van der Waals surface area contributed by atoms with Gasteiger partial charge in [-0.1, -0.05) is 12.1 Å². The second kappa shape index (κ2) is 9.90. The quantitative estimate of drug-likeness (QED) is 0.413. The highest BCUT2D eigenvalue weighted by molar-refractivity contribution is 7.86. The van der Waals surface area contributed by atoms with E-state index in [4.69, 9.17) is 11.5 Å². The van der Waals surface area contributed by atoms with Crippen LogP contribution >= 0.6 is 0 Å². The van der Waals surface area contributed by atoms with Crippen molar-refractivity contribution < 1.29 is 39.3 Å². The first-order valence-electron chi connectivity index (χ1n) is 7.65. The minimum absolute atomic E-state index is 0.0904. The lowest BCUT2D eigenvalue weighted by Gasteiger charge is -1.99. The average Bonchev–Trinajstić information content (AvgIpc) is 2.65. The molecule has 0 heterocycles. The fourth-order valence-electron chi connectivity index (χ4n) is 1.89. The SMILES string of the molecule is C#CCCC(=O)c1ccc(S(=O)(=O)F)cc1.O=C(O)c1ccc(S(=O)(=O)F)cc1. The van der Waals surface area contributed by atoms with Crippen molar-refractivity contribution in [1.29, 1.82) is 0 Å². The third-order valence-electron chi connectivity index (χ3n) is 3.34. The highest BCUT2D eigenvalue weighted by Gasteiger charge is 2.13. The van der Waals surface area contributed by atoms with Gasteiger partial charge in [-0.25, -0.2) is 4.79 Å². The summed E-state index contributed by atoms with van der Waals surface area (Å²) in [5.41, 5.74) is 0.232. The van der Waals surface area contributed by atoms with Gasteiger partial charge in [-0.2, -0.15) is 16.8 Å². The van der Waals surface area contributed by atoms with E-state index in [2.05, 4.69) is 5.92 Å². The van der Waals surface area contributed by atoms with Crippen molar-refractivity contribution in [2.24, 2.45) is 0 Å². The summed E-state index contributed by atoms with van der Waals surface area (Å²) in [5, 5.41) is 8.44. The largest absolute Gasteiger partial charge is 0.478 e. The van der Waals surface area contributed by atoms with Gasteiger partial charge in [0.1, 0.15) is 0 Å². The molecule has 2 aromatic carbocycles. The number of terminal acetylenes is 1. The van der Waals surface area contributed by atoms with Gasteiger partial charge in [0.25, 0.3) is 0 Å². The molecular weight excluding hydrogens is 430 g/mol. The number of benzene rings is 2. The molecule has 0 aromatic heterocycles. The zero-order valence-electron chi connectivity index (χ0n) is 14.6. The predicted octanol–water partition coefficient (Wildman–Crippen LogP) is 2.98. The van der Waals surface area contributed by atoms with Crippen molar-refractivity contribution >= 4 is 32.2 Å². The van der Waals surface area contributed by atoms with Crippen molar-refractivity contribution in [3.8, 4) is 12.3 Å². The Kier molecular flexibility index (Phi) is 8.17. The molecule has 0 unspecified atom stereocenters. The standard InChI is InChI=1S/C11H9FO3S.C7H5FO4S/c1-2-3-4-11(13)9-5-7-10(8-6-9)16(12,14)15;8-13(11,12)6-3-1-5(2-4-6)7(9)10/h1,5-8H,3-4H2;1-4H,(H,9,10). The Labute approximate surface area is 166 Å². The summed E-state index contributed by atoms with van der Waals surface area (Å²) in [6, 6.07) is 8.49. The van der Waals surface area contributed by atoms with E-state index in [0.717, 1.165) is 36.4 Å². The fraction of sp³-hybridized carbons (Fsp3) is 0.111. The van der Waals surface area contributed by atoms with E-state index in [1.54, 1.807) is 0 Å². The number of carbonyl (C=O) groups is 2. The van der Waals surface area contributed by atoms with E-state index >= 15 is 0 Å². The molecule has 0 radical (unpaired) electrons. The van der Waals surface area contributed by atoms with Crippen LogP contribution in [0.5, 0.6) is 0 Å². The number of rotatable bonds is 6. The lowest BCUT2D eigenvalue weighted by atomic mass is 10.1. The van der Waals surface area contributed by atoms with Gasteiger partial charge in [0, 0.05) is 18.4 Å². The second-order valence-corrected chi connectivity index (χ2v) is 8.05. The lowest BCUT2D eigenvalue weighted by molar-refractivity contribution is 0.0696. The Morgan fingerprint density at radius 1 is 0.828 bits per heavy atom. The van der Waals surface area contributed by atoms with Crippen molar-refractivity contribution in [2.45, 2.75) is 22.6 Å². The Morgan fingerprint density at radius 2 is 1.21 bits per heavy atom. The molecule has 2 aromatic rings. The van der Waals surface area contributed by atoms with Crippen molar-refractivity contribution in [3.63, 3.8) is 0 Å². The summed E-state index contributed by atoms with van der Waals surface area (Å²) < 4.78 is 66.4. The van der Waals surface area contributed by atoms with Crippen molar-refractivity contribution in [2.75, 3.05) is 0 Å². The van der Waals surface area contributed by atoms with E-state index in [1.165, 1.54) is 12.1 Å². The van der Waals surface area contributed by atoms with Crippen LogP contribution in [-0.2, 0) is 20.4 Å². The van der Waals surface area contributed by atoms with Crippen LogP contribution in [0.2, 0.25) is 0 Å². The summed E-state index contributed by atoms with van der Waals surface area (Å²) in [5.74, 6) is 0.942. The van der Waals surface area contributed by atoms with Crippen LogP contribution in [0.15, 0.2) is 58.3 Å². The number of carboxylic acids is 1. The minimum Gasteiger partial charge on any atom is -0.478 e. The van der Waals surface area contributed by atoms with Crippen LogP contribution in [0.4, 0.5) is 7.77 Å². The molecule has 29 heavy (non-hydrogen) atoms. The second-order valence-electron chi connectivity index (χ2n) is 5.36. The molecule has 0 amide bonds. The molecule has 154 valence electrons. The summed E-state index contributed by atoms with van der Waals surface area (Å²) >= 11 is 0. The molecule has 0 saturated heterocycles. The molecule has 2 rings (SSSR count). The van der Waals surface area contributed by atoms with Gasteiger partial charge >= 0.3 is 26.4 Å². The van der Waals surface area contributed by atoms with Gasteiger partial charge in [-0.3, -0.25) is 4.79 Å². The average molecular weight is 444 g/mol. The van der Waals surface area contributed by atoms with E-state index < -0.39 is 36.2 Å². The summed E-state index contributed by atoms with van der Waals surface area (Å²) in [7, 11) is -9.44. The number of hydrogen-bond donors (Lipinski definition) is 1. The van der Waals surface area contributed by atoms with Crippen LogP contribution in [0.1, 0.15) is 33.6 Å². The van der Waals surface area contributed by atoms with E-state index in [-0.39, 0.29) is 17.8 Å². The Hall–Kier alpha value is -3.10. The molecule has 0 saturated carbocycles. The molecule has 0 aliphatic rings. The van der Waals surface area contributed by atoms with Crippen LogP contribution in [0.3, 0.4) is 0 Å². The summed E-state index contributed by atoms with van der Waals surface area (Å²) in [6.45, 7) is 0. The molecule has 11 heteroatoms. The number of Topliss-reactive ketones (excluding diaryl/α,β-unsaturated/α-hetero) is 1. The first-order chi connectivity index (χ1) is 13.4. The van der Waals surface area contributed by atoms with Crippen LogP contribution < -0.4 is 0 Å². The van der Waals surface area contributed by atoms with Gasteiger partial charge < -0.3 is 5.11 Å². The van der Waals surface area contributed by atoms with Crippen molar-refractivity contribution in [3.05, 3.63) is 59.7 Å². The monoisotopic (exact) mass is 444 g/mol. The minimum atomic E-state index is -4.74. The first-order valence-corrected chi connectivity index (χ1v) is 10.4. The van der Waals surface area contributed by atoms with E-state index in [9.17, 15) is 34.2 Å². The lowest BCUT2D eigenvalue weighted by Crippen LogP contribution is -1.99. The molecule has 0 spiro atoms. The molecule has 0 fully saturated rings. The van der Waals surface area contributed by atoms with Crippen molar-refractivity contribution in [1.82, 2.24) is 0 Å². The summed E-state index contributed by atoms with van der Waals surface area (Å²) in [4.78, 5) is 20.7. The highest BCUT2D eigenvalue weighted by atomic mass is 32.3. The zero-order valence-corrected chi connectivity index (χ0v) is 16.2. The van der Waals surface area contributed by atoms with Crippen LogP contribution in [0.25, 0.3) is 0 Å². The number of carbonyl (C=O) groups excluding carboxylic acids is 1. The Balaban J connectivity index is 0.000000296. The van der Waals surface area contributed by atoms with E-state index in [1.807, 2.05) is 0 Å². The normalized spacial score (nSPS) is 10.9. The van der Waals surface area contributed by atoms with Gasteiger partial charge in [0.2, 0.25) is 0 Å². The van der Waals surface area contributed by atoms with Gasteiger partial charge in [0.05, 0.1) is 15.4 Å². The maximum atomic E-state index is 12.5. The molecule has 0 atom stereocenters.